The first-order valence-corrected chi connectivity index (χ1v) is 9.24. The monoisotopic (exact) mass is 364 g/mol. The number of esters is 1. The van der Waals surface area contributed by atoms with Crippen LogP contribution in [0.5, 0.6) is 5.75 Å². The summed E-state index contributed by atoms with van der Waals surface area (Å²) in [6, 6.07) is 8.94. The number of nitrogens with zero attached hydrogens (tertiary/aromatic N) is 1. The summed E-state index contributed by atoms with van der Waals surface area (Å²) in [4.78, 5) is 15.3. The van der Waals surface area contributed by atoms with Gasteiger partial charge in [-0.2, -0.15) is 0 Å². The van der Waals surface area contributed by atoms with E-state index in [0.29, 0.717) is 18.7 Å². The second kappa shape index (κ2) is 8.59. The molecule has 134 valence electrons. The van der Waals surface area contributed by atoms with Crippen LogP contribution in [-0.2, 0) is 25.8 Å². The van der Waals surface area contributed by atoms with E-state index in [-0.39, 0.29) is 23.1 Å². The number of aromatic nitrogens is 1. The van der Waals surface area contributed by atoms with E-state index < -0.39 is 15.8 Å². The van der Waals surface area contributed by atoms with Crippen LogP contribution < -0.4 is 10.5 Å². The molecule has 25 heavy (non-hydrogen) atoms. The minimum atomic E-state index is -3.72. The first-order chi connectivity index (χ1) is 12.0. The molecular formula is C17H20N2O5S. The van der Waals surface area contributed by atoms with Gasteiger partial charge < -0.3 is 15.2 Å². The number of hydrogen-bond acceptors (Lipinski definition) is 7. The van der Waals surface area contributed by atoms with Gasteiger partial charge in [0.15, 0.2) is 11.6 Å². The third-order valence-electron chi connectivity index (χ3n) is 3.30. The molecule has 8 heteroatoms. The van der Waals surface area contributed by atoms with Gasteiger partial charge in [0.05, 0.1) is 11.5 Å². The van der Waals surface area contributed by atoms with Crippen LogP contribution in [-0.4, -0.2) is 39.1 Å². The molecule has 2 aromatic rings. The summed E-state index contributed by atoms with van der Waals surface area (Å²) in [5, 5.41) is -0.0338. The summed E-state index contributed by atoms with van der Waals surface area (Å²) in [6.45, 7) is 2.22. The standard InChI is InChI=1S/C17H20N2O5S/c1-2-23-17(20)12-24-14-4-6-15(7-5-14)25(21,22)16-8-3-13(9-10-18)11-19-16/h3-8,11H,2,9-10,12,18H2,1H3. The van der Waals surface area contributed by atoms with Gasteiger partial charge in [-0.15, -0.1) is 0 Å². The number of hydrogen-bond donors (Lipinski definition) is 1. The van der Waals surface area contributed by atoms with Crippen molar-refractivity contribution in [3.05, 3.63) is 48.2 Å². The molecule has 0 fully saturated rings. The molecule has 1 aromatic heterocycles. The zero-order chi connectivity index (χ0) is 18.3. The van der Waals surface area contributed by atoms with Crippen molar-refractivity contribution < 1.29 is 22.7 Å². The molecule has 0 saturated heterocycles. The van der Waals surface area contributed by atoms with Gasteiger partial charge in [0.1, 0.15) is 5.75 Å². The summed E-state index contributed by atoms with van der Waals surface area (Å²) in [5.74, 6) is -0.112. The Kier molecular flexibility index (Phi) is 6.49. The van der Waals surface area contributed by atoms with Gasteiger partial charge in [-0.25, -0.2) is 18.2 Å². The zero-order valence-corrected chi connectivity index (χ0v) is 14.7. The maximum absolute atomic E-state index is 12.6. The highest BCUT2D eigenvalue weighted by Gasteiger charge is 2.19. The van der Waals surface area contributed by atoms with Crippen LogP contribution >= 0.6 is 0 Å². The van der Waals surface area contributed by atoms with E-state index in [2.05, 4.69) is 4.98 Å². The van der Waals surface area contributed by atoms with Crippen LogP contribution in [0.1, 0.15) is 12.5 Å². The van der Waals surface area contributed by atoms with Crippen LogP contribution in [0, 0.1) is 0 Å². The van der Waals surface area contributed by atoms with Crippen LogP contribution in [0.2, 0.25) is 0 Å². The van der Waals surface area contributed by atoms with Gasteiger partial charge in [0.25, 0.3) is 0 Å². The summed E-state index contributed by atoms with van der Waals surface area (Å²) in [6.07, 6.45) is 2.15. The number of benzene rings is 1. The maximum Gasteiger partial charge on any atom is 0.344 e. The Morgan fingerprint density at radius 2 is 1.88 bits per heavy atom. The molecule has 0 radical (unpaired) electrons. The number of sulfone groups is 1. The largest absolute Gasteiger partial charge is 0.482 e. The SMILES string of the molecule is CCOC(=O)COc1ccc(S(=O)(=O)c2ccc(CCN)cn2)cc1. The smallest absolute Gasteiger partial charge is 0.344 e. The van der Waals surface area contributed by atoms with E-state index in [4.69, 9.17) is 15.2 Å². The highest BCUT2D eigenvalue weighted by Crippen LogP contribution is 2.22. The van der Waals surface area contributed by atoms with E-state index in [1.165, 1.54) is 36.5 Å². The second-order valence-electron chi connectivity index (χ2n) is 5.11. The Hall–Kier alpha value is -2.45. The van der Waals surface area contributed by atoms with Gasteiger partial charge in [-0.05, 0) is 55.8 Å². The Labute approximate surface area is 146 Å². The molecule has 1 aromatic carbocycles. The topological polar surface area (TPSA) is 109 Å². The van der Waals surface area contributed by atoms with E-state index in [0.717, 1.165) is 5.56 Å². The predicted octanol–water partition coefficient (Wildman–Crippen LogP) is 1.36. The zero-order valence-electron chi connectivity index (χ0n) is 13.8. The molecule has 0 aliphatic rings. The van der Waals surface area contributed by atoms with Crippen molar-refractivity contribution in [3.8, 4) is 5.75 Å². The lowest BCUT2D eigenvalue weighted by Gasteiger charge is -2.08. The Balaban J connectivity index is 2.10. The number of rotatable bonds is 8. The molecule has 1 heterocycles. The number of ether oxygens (including phenoxy) is 2. The number of pyridine rings is 1. The molecule has 2 rings (SSSR count). The number of nitrogens with two attached hydrogens (primary N) is 1. The highest BCUT2D eigenvalue weighted by atomic mass is 32.2. The summed E-state index contributed by atoms with van der Waals surface area (Å²) < 4.78 is 35.1. The average molecular weight is 364 g/mol. The second-order valence-corrected chi connectivity index (χ2v) is 7.01. The third-order valence-corrected chi connectivity index (χ3v) is 4.99. The molecule has 0 aliphatic heterocycles. The van der Waals surface area contributed by atoms with Crippen molar-refractivity contribution in [2.45, 2.75) is 23.3 Å². The van der Waals surface area contributed by atoms with E-state index in [1.807, 2.05) is 0 Å². The van der Waals surface area contributed by atoms with Crippen molar-refractivity contribution in [1.82, 2.24) is 4.98 Å². The van der Waals surface area contributed by atoms with Crippen LogP contribution in [0.3, 0.4) is 0 Å². The Bertz CT molecular complexity index is 802. The lowest BCUT2D eigenvalue weighted by molar-refractivity contribution is -0.145. The number of carbonyl (C=O) groups is 1. The molecule has 0 bridgehead atoms. The summed E-state index contributed by atoms with van der Waals surface area (Å²) in [5.41, 5.74) is 6.34. The molecule has 0 aliphatic carbocycles. The molecular weight excluding hydrogens is 344 g/mol. The fourth-order valence-corrected chi connectivity index (χ4v) is 3.24. The van der Waals surface area contributed by atoms with Crippen LogP contribution in [0.25, 0.3) is 0 Å². The van der Waals surface area contributed by atoms with Crippen molar-refractivity contribution in [3.63, 3.8) is 0 Å². The van der Waals surface area contributed by atoms with Gasteiger partial charge in [-0.3, -0.25) is 0 Å². The summed E-state index contributed by atoms with van der Waals surface area (Å²) >= 11 is 0. The van der Waals surface area contributed by atoms with E-state index >= 15 is 0 Å². The van der Waals surface area contributed by atoms with Gasteiger partial charge in [0, 0.05) is 6.20 Å². The van der Waals surface area contributed by atoms with Crippen molar-refractivity contribution in [2.75, 3.05) is 19.8 Å². The van der Waals surface area contributed by atoms with Crippen molar-refractivity contribution in [2.24, 2.45) is 5.73 Å². The third kappa shape index (κ3) is 5.01. The Morgan fingerprint density at radius 3 is 2.44 bits per heavy atom. The highest BCUT2D eigenvalue weighted by molar-refractivity contribution is 7.91. The minimum absolute atomic E-state index is 0.0338. The fourth-order valence-electron chi connectivity index (χ4n) is 2.07. The van der Waals surface area contributed by atoms with Gasteiger partial charge in [-0.1, -0.05) is 6.07 Å². The predicted molar refractivity (Wildman–Crippen MR) is 91.0 cm³/mol. The number of carbonyl (C=O) groups excluding carboxylic acids is 1. The lowest BCUT2D eigenvalue weighted by atomic mass is 10.2. The first-order valence-electron chi connectivity index (χ1n) is 7.76. The quantitative estimate of drug-likeness (QED) is 0.704. The molecule has 0 amide bonds. The molecule has 2 N–H and O–H groups in total. The molecule has 0 atom stereocenters. The molecule has 0 spiro atoms. The molecule has 0 saturated carbocycles. The van der Waals surface area contributed by atoms with Gasteiger partial charge in [0.2, 0.25) is 9.84 Å². The van der Waals surface area contributed by atoms with E-state index in [1.54, 1.807) is 13.0 Å². The lowest BCUT2D eigenvalue weighted by Crippen LogP contribution is -2.14. The summed E-state index contributed by atoms with van der Waals surface area (Å²) in [7, 11) is -3.72. The van der Waals surface area contributed by atoms with Crippen molar-refractivity contribution >= 4 is 15.8 Å². The minimum Gasteiger partial charge on any atom is -0.482 e. The maximum atomic E-state index is 12.6. The van der Waals surface area contributed by atoms with E-state index in [9.17, 15) is 13.2 Å². The molecule has 7 nitrogen and oxygen atoms in total. The first kappa shape index (κ1) is 18.9. The van der Waals surface area contributed by atoms with Gasteiger partial charge >= 0.3 is 5.97 Å². The molecule has 0 unspecified atom stereocenters. The average Bonchev–Trinajstić information content (AvgIpc) is 2.61. The normalized spacial score (nSPS) is 11.1. The Morgan fingerprint density at radius 1 is 1.16 bits per heavy atom. The van der Waals surface area contributed by atoms with Crippen molar-refractivity contribution in [1.29, 1.82) is 0 Å². The van der Waals surface area contributed by atoms with Crippen LogP contribution in [0.4, 0.5) is 0 Å². The fraction of sp³-hybridized carbons (Fsp3) is 0.294. The van der Waals surface area contributed by atoms with Crippen LogP contribution in [0.15, 0.2) is 52.5 Å².